The Morgan fingerprint density at radius 1 is 0.963 bits per heavy atom. The lowest BCUT2D eigenvalue weighted by Gasteiger charge is -2.06. The molecule has 0 saturated heterocycles. The highest BCUT2D eigenvalue weighted by Gasteiger charge is 2.10. The lowest BCUT2D eigenvalue weighted by Crippen LogP contribution is -2.20. The minimum Gasteiger partial charge on any atom is -0.321 e. The summed E-state index contributed by atoms with van der Waals surface area (Å²) in [6, 6.07) is 16.3. The fraction of sp³-hybridized carbons (Fsp3) is 0.0500. The van der Waals surface area contributed by atoms with Gasteiger partial charge in [0.05, 0.1) is 16.2 Å². The van der Waals surface area contributed by atoms with Crippen molar-refractivity contribution >= 4 is 34.6 Å². The maximum atomic E-state index is 13.6. The average molecular weight is 381 g/mol. The second-order valence-electron chi connectivity index (χ2n) is 5.63. The Balaban J connectivity index is 1.64. The third-order valence-electron chi connectivity index (χ3n) is 3.75. The first kappa shape index (κ1) is 18.5. The molecule has 5 nitrogen and oxygen atoms in total. The largest absolute Gasteiger partial charge is 0.321 e. The second kappa shape index (κ2) is 8.37. The standard InChI is InChI=1S/C20H16FN3O2S/c1-13(23-24-19(25)16-5-2-3-6-17(16)21)14-8-10-15(11-9-14)22-20(26)18-7-4-12-27-18/h2-12H,1H3,(H,22,26)(H,24,25)/b23-13-. The summed E-state index contributed by atoms with van der Waals surface area (Å²) in [5.74, 6) is -1.39. The number of benzene rings is 2. The van der Waals surface area contributed by atoms with E-state index in [0.717, 1.165) is 5.56 Å². The highest BCUT2D eigenvalue weighted by Crippen LogP contribution is 2.14. The number of nitrogens with zero attached hydrogens (tertiary/aromatic N) is 1. The molecule has 2 N–H and O–H groups in total. The van der Waals surface area contributed by atoms with Crippen molar-refractivity contribution in [1.29, 1.82) is 0 Å². The molecule has 136 valence electrons. The first-order chi connectivity index (χ1) is 13.0. The quantitative estimate of drug-likeness (QED) is 0.511. The van der Waals surface area contributed by atoms with E-state index in [0.29, 0.717) is 16.3 Å². The summed E-state index contributed by atoms with van der Waals surface area (Å²) in [4.78, 5) is 24.6. The van der Waals surface area contributed by atoms with Gasteiger partial charge >= 0.3 is 0 Å². The topological polar surface area (TPSA) is 70.6 Å². The Morgan fingerprint density at radius 2 is 1.70 bits per heavy atom. The van der Waals surface area contributed by atoms with Crippen molar-refractivity contribution < 1.29 is 14.0 Å². The molecule has 0 atom stereocenters. The fourth-order valence-corrected chi connectivity index (χ4v) is 2.92. The van der Waals surface area contributed by atoms with Crippen molar-refractivity contribution in [2.45, 2.75) is 6.92 Å². The first-order valence-corrected chi connectivity index (χ1v) is 8.97. The molecule has 3 aromatic rings. The van der Waals surface area contributed by atoms with E-state index >= 15 is 0 Å². The zero-order valence-electron chi connectivity index (χ0n) is 14.4. The second-order valence-corrected chi connectivity index (χ2v) is 6.57. The molecule has 0 spiro atoms. The molecule has 0 aliphatic carbocycles. The minimum absolute atomic E-state index is 0.0688. The van der Waals surface area contributed by atoms with Crippen LogP contribution in [0, 0.1) is 5.82 Å². The number of rotatable bonds is 5. The van der Waals surface area contributed by atoms with E-state index in [-0.39, 0.29) is 11.5 Å². The molecule has 7 heteroatoms. The van der Waals surface area contributed by atoms with E-state index in [2.05, 4.69) is 15.8 Å². The van der Waals surface area contributed by atoms with Crippen molar-refractivity contribution in [2.75, 3.05) is 5.32 Å². The van der Waals surface area contributed by atoms with Gasteiger partial charge in [-0.05, 0) is 48.2 Å². The Hall–Kier alpha value is -3.32. The van der Waals surface area contributed by atoms with Gasteiger partial charge in [0.2, 0.25) is 0 Å². The van der Waals surface area contributed by atoms with Crippen LogP contribution >= 0.6 is 11.3 Å². The molecule has 0 bridgehead atoms. The fourth-order valence-electron chi connectivity index (χ4n) is 2.30. The molecule has 0 saturated carbocycles. The summed E-state index contributed by atoms with van der Waals surface area (Å²) in [5.41, 5.74) is 4.24. The number of hydrogen-bond donors (Lipinski definition) is 2. The smallest absolute Gasteiger partial charge is 0.274 e. The molecule has 0 unspecified atom stereocenters. The number of carbonyl (C=O) groups excluding carboxylic acids is 2. The number of hydrogen-bond acceptors (Lipinski definition) is 4. The van der Waals surface area contributed by atoms with Crippen LogP contribution in [0.1, 0.15) is 32.5 Å². The van der Waals surface area contributed by atoms with E-state index in [9.17, 15) is 14.0 Å². The summed E-state index contributed by atoms with van der Waals surface area (Å²) < 4.78 is 13.6. The van der Waals surface area contributed by atoms with Gasteiger partial charge in [0.25, 0.3) is 11.8 Å². The zero-order chi connectivity index (χ0) is 19.2. The van der Waals surface area contributed by atoms with Gasteiger partial charge < -0.3 is 5.32 Å². The van der Waals surface area contributed by atoms with Gasteiger partial charge in [0.15, 0.2) is 0 Å². The molecule has 0 fully saturated rings. The zero-order valence-corrected chi connectivity index (χ0v) is 15.2. The van der Waals surface area contributed by atoms with E-state index in [1.807, 2.05) is 11.4 Å². The van der Waals surface area contributed by atoms with Gasteiger partial charge in [0.1, 0.15) is 5.82 Å². The number of carbonyl (C=O) groups is 2. The normalized spacial score (nSPS) is 11.1. The molecule has 0 aliphatic heterocycles. The number of nitrogens with one attached hydrogen (secondary N) is 2. The van der Waals surface area contributed by atoms with E-state index in [1.165, 1.54) is 29.5 Å². The summed E-state index contributed by atoms with van der Waals surface area (Å²) in [6.07, 6.45) is 0. The highest BCUT2D eigenvalue weighted by molar-refractivity contribution is 7.12. The molecular formula is C20H16FN3O2S. The maximum Gasteiger partial charge on any atom is 0.274 e. The number of hydrazone groups is 1. The lowest BCUT2D eigenvalue weighted by molar-refractivity contribution is 0.0950. The van der Waals surface area contributed by atoms with Crippen molar-refractivity contribution in [1.82, 2.24) is 5.43 Å². The van der Waals surface area contributed by atoms with Crippen molar-refractivity contribution in [2.24, 2.45) is 5.10 Å². The van der Waals surface area contributed by atoms with Crippen LogP contribution in [0.3, 0.4) is 0 Å². The molecule has 1 heterocycles. The van der Waals surface area contributed by atoms with E-state index in [1.54, 1.807) is 43.3 Å². The molecule has 27 heavy (non-hydrogen) atoms. The third kappa shape index (κ3) is 4.65. The van der Waals surface area contributed by atoms with Crippen LogP contribution in [-0.2, 0) is 0 Å². The van der Waals surface area contributed by atoms with Gasteiger partial charge in [-0.1, -0.05) is 30.3 Å². The summed E-state index contributed by atoms with van der Waals surface area (Å²) >= 11 is 1.37. The molecule has 0 aliphatic rings. The number of amides is 2. The van der Waals surface area contributed by atoms with Crippen LogP contribution in [0.2, 0.25) is 0 Å². The van der Waals surface area contributed by atoms with Crippen molar-refractivity contribution in [3.8, 4) is 0 Å². The van der Waals surface area contributed by atoms with Crippen LogP contribution in [0.4, 0.5) is 10.1 Å². The monoisotopic (exact) mass is 381 g/mol. The summed E-state index contributed by atoms with van der Waals surface area (Å²) in [5, 5.41) is 8.66. The summed E-state index contributed by atoms with van der Waals surface area (Å²) in [7, 11) is 0. The maximum absolute atomic E-state index is 13.6. The molecule has 2 amide bonds. The lowest BCUT2D eigenvalue weighted by atomic mass is 10.1. The van der Waals surface area contributed by atoms with Gasteiger partial charge in [0, 0.05) is 5.69 Å². The van der Waals surface area contributed by atoms with Gasteiger partial charge in [-0.2, -0.15) is 5.10 Å². The predicted molar refractivity (Wildman–Crippen MR) is 105 cm³/mol. The Kier molecular flexibility index (Phi) is 5.73. The highest BCUT2D eigenvalue weighted by atomic mass is 32.1. The molecule has 1 aromatic heterocycles. The Labute approximate surface area is 159 Å². The Morgan fingerprint density at radius 3 is 2.37 bits per heavy atom. The average Bonchev–Trinajstić information content (AvgIpc) is 3.22. The molecule has 2 aromatic carbocycles. The SMILES string of the molecule is C/C(=N/NC(=O)c1ccccc1F)c1ccc(NC(=O)c2cccs2)cc1. The third-order valence-corrected chi connectivity index (χ3v) is 4.62. The van der Waals surface area contributed by atoms with Crippen LogP contribution < -0.4 is 10.7 Å². The summed E-state index contributed by atoms with van der Waals surface area (Å²) in [6.45, 7) is 1.72. The van der Waals surface area contributed by atoms with Crippen LogP contribution in [0.15, 0.2) is 71.1 Å². The van der Waals surface area contributed by atoms with Gasteiger partial charge in [-0.3, -0.25) is 9.59 Å². The number of halogens is 1. The first-order valence-electron chi connectivity index (χ1n) is 8.09. The van der Waals surface area contributed by atoms with Gasteiger partial charge in [-0.25, -0.2) is 9.82 Å². The molecule has 3 rings (SSSR count). The van der Waals surface area contributed by atoms with E-state index < -0.39 is 11.7 Å². The van der Waals surface area contributed by atoms with Crippen LogP contribution in [0.25, 0.3) is 0 Å². The number of thiophene rings is 1. The van der Waals surface area contributed by atoms with Crippen molar-refractivity contribution in [3.05, 3.63) is 87.9 Å². The number of anilines is 1. The molecule has 0 radical (unpaired) electrons. The van der Waals surface area contributed by atoms with Crippen LogP contribution in [-0.4, -0.2) is 17.5 Å². The van der Waals surface area contributed by atoms with Crippen LogP contribution in [0.5, 0.6) is 0 Å². The van der Waals surface area contributed by atoms with Gasteiger partial charge in [-0.15, -0.1) is 11.3 Å². The Bertz CT molecular complexity index is 983. The van der Waals surface area contributed by atoms with Crippen molar-refractivity contribution in [3.63, 3.8) is 0 Å². The predicted octanol–water partition coefficient (Wildman–Crippen LogP) is 4.29. The molecular weight excluding hydrogens is 365 g/mol. The van der Waals surface area contributed by atoms with E-state index in [4.69, 9.17) is 0 Å². The minimum atomic E-state index is -0.618.